The molecular weight excluding hydrogens is 316 g/mol. The maximum Gasteiger partial charge on any atom is 0.198 e. The second-order valence-electron chi connectivity index (χ2n) is 5.02. The zero-order valence-electron chi connectivity index (χ0n) is 13.2. The highest BCUT2D eigenvalue weighted by Gasteiger charge is 2.24. The van der Waals surface area contributed by atoms with Crippen molar-refractivity contribution < 1.29 is 19.1 Å². The molecule has 0 bridgehead atoms. The van der Waals surface area contributed by atoms with E-state index in [0.717, 1.165) is 0 Å². The highest BCUT2D eigenvalue weighted by molar-refractivity contribution is 6.35. The lowest BCUT2D eigenvalue weighted by atomic mass is 9.94. The van der Waals surface area contributed by atoms with Crippen LogP contribution < -0.4 is 9.47 Å². The van der Waals surface area contributed by atoms with Crippen LogP contribution in [0.1, 0.15) is 28.4 Å². The number of ether oxygens (including phenoxy) is 2. The van der Waals surface area contributed by atoms with E-state index in [1.807, 2.05) is 0 Å². The van der Waals surface area contributed by atoms with E-state index in [0.29, 0.717) is 33.2 Å². The Hall–Kier alpha value is -2.33. The predicted molar refractivity (Wildman–Crippen MR) is 88.8 cm³/mol. The first-order valence-electron chi connectivity index (χ1n) is 7.02. The van der Waals surface area contributed by atoms with Crippen LogP contribution in [0.15, 0.2) is 36.4 Å². The normalized spacial score (nSPS) is 10.3. The molecule has 0 aliphatic heterocycles. The third-order valence-electron chi connectivity index (χ3n) is 3.42. The molecule has 5 heteroatoms. The molecule has 0 radical (unpaired) electrons. The van der Waals surface area contributed by atoms with Gasteiger partial charge in [-0.1, -0.05) is 29.8 Å². The lowest BCUT2D eigenvalue weighted by Gasteiger charge is -2.16. The summed E-state index contributed by atoms with van der Waals surface area (Å²) in [5.74, 6) is 0.374. The van der Waals surface area contributed by atoms with E-state index in [-0.39, 0.29) is 18.0 Å². The Bertz CT molecular complexity index is 753. The molecule has 120 valence electrons. The van der Waals surface area contributed by atoms with E-state index in [9.17, 15) is 9.59 Å². The molecule has 0 heterocycles. The number of rotatable bonds is 6. The van der Waals surface area contributed by atoms with Crippen LogP contribution in [0.4, 0.5) is 0 Å². The zero-order valence-corrected chi connectivity index (χ0v) is 13.9. The second-order valence-corrected chi connectivity index (χ2v) is 5.43. The maximum atomic E-state index is 13.0. The van der Waals surface area contributed by atoms with Crippen molar-refractivity contribution in [2.24, 2.45) is 0 Å². The van der Waals surface area contributed by atoms with Crippen LogP contribution in [0.5, 0.6) is 11.5 Å². The average molecular weight is 333 g/mol. The number of Topliss-reactive ketones (excluding diaryl/α,β-unsaturated/α-hetero) is 1. The van der Waals surface area contributed by atoms with Crippen LogP contribution in [0.3, 0.4) is 0 Å². The van der Waals surface area contributed by atoms with Gasteiger partial charge in [0.1, 0.15) is 5.78 Å². The van der Waals surface area contributed by atoms with Crippen LogP contribution in [-0.2, 0) is 11.2 Å². The summed E-state index contributed by atoms with van der Waals surface area (Å²) < 4.78 is 10.6. The van der Waals surface area contributed by atoms with Gasteiger partial charge < -0.3 is 9.47 Å². The monoisotopic (exact) mass is 332 g/mol. The molecule has 2 aromatic carbocycles. The number of hydrogen-bond acceptors (Lipinski definition) is 4. The Morgan fingerprint density at radius 1 is 1.04 bits per heavy atom. The van der Waals surface area contributed by atoms with Gasteiger partial charge in [-0.15, -0.1) is 0 Å². The fourth-order valence-electron chi connectivity index (χ4n) is 2.41. The number of hydrogen-bond donors (Lipinski definition) is 0. The summed E-state index contributed by atoms with van der Waals surface area (Å²) >= 11 is 6.14. The first kappa shape index (κ1) is 17.0. The van der Waals surface area contributed by atoms with E-state index < -0.39 is 0 Å². The topological polar surface area (TPSA) is 52.6 Å². The summed E-state index contributed by atoms with van der Waals surface area (Å²) in [6.45, 7) is 1.47. The first-order chi connectivity index (χ1) is 11.0. The second kappa shape index (κ2) is 7.29. The van der Waals surface area contributed by atoms with Gasteiger partial charge in [0, 0.05) is 12.0 Å². The summed E-state index contributed by atoms with van der Waals surface area (Å²) in [4.78, 5) is 24.5. The molecule has 0 N–H and O–H groups in total. The van der Waals surface area contributed by atoms with Gasteiger partial charge in [-0.3, -0.25) is 9.59 Å². The quantitative estimate of drug-likeness (QED) is 0.756. The van der Waals surface area contributed by atoms with Crippen LogP contribution in [0.2, 0.25) is 5.02 Å². The maximum absolute atomic E-state index is 13.0. The van der Waals surface area contributed by atoms with Crippen LogP contribution >= 0.6 is 11.6 Å². The summed E-state index contributed by atoms with van der Waals surface area (Å²) in [7, 11) is 2.95. The largest absolute Gasteiger partial charge is 0.493 e. The lowest BCUT2D eigenvalue weighted by molar-refractivity contribution is -0.116. The Labute approximate surface area is 140 Å². The Morgan fingerprint density at radius 2 is 1.74 bits per heavy atom. The molecule has 0 fully saturated rings. The van der Waals surface area contributed by atoms with Crippen molar-refractivity contribution in [1.82, 2.24) is 0 Å². The van der Waals surface area contributed by atoms with Gasteiger partial charge >= 0.3 is 0 Å². The third kappa shape index (κ3) is 3.54. The van der Waals surface area contributed by atoms with Gasteiger partial charge in [0.05, 0.1) is 24.8 Å². The fraction of sp³-hybridized carbons (Fsp3) is 0.222. The minimum absolute atomic E-state index is 0.0505. The third-order valence-corrected chi connectivity index (χ3v) is 3.75. The number of benzene rings is 2. The van der Waals surface area contributed by atoms with Crippen molar-refractivity contribution >= 4 is 23.2 Å². The Kier molecular flexibility index (Phi) is 5.40. The van der Waals surface area contributed by atoms with Crippen molar-refractivity contribution in [3.05, 3.63) is 58.1 Å². The van der Waals surface area contributed by atoms with Gasteiger partial charge in [-0.2, -0.15) is 0 Å². The first-order valence-corrected chi connectivity index (χ1v) is 7.40. The Balaban J connectivity index is 2.68. The Morgan fingerprint density at radius 3 is 2.30 bits per heavy atom. The predicted octanol–water partition coefficient (Wildman–Crippen LogP) is 3.72. The van der Waals surface area contributed by atoms with Gasteiger partial charge in [0.2, 0.25) is 0 Å². The smallest absolute Gasteiger partial charge is 0.198 e. The highest BCUT2D eigenvalue weighted by Crippen LogP contribution is 2.36. The molecule has 0 atom stereocenters. The van der Waals surface area contributed by atoms with Gasteiger partial charge in [0.15, 0.2) is 17.3 Å². The number of methoxy groups -OCH3 is 2. The molecule has 2 aromatic rings. The zero-order chi connectivity index (χ0) is 17.0. The number of ketones is 2. The molecule has 0 unspecified atom stereocenters. The van der Waals surface area contributed by atoms with E-state index >= 15 is 0 Å². The van der Waals surface area contributed by atoms with Gasteiger partial charge in [-0.25, -0.2) is 0 Å². The molecule has 0 amide bonds. The van der Waals surface area contributed by atoms with E-state index in [1.54, 1.807) is 36.4 Å². The molecule has 2 rings (SSSR count). The van der Waals surface area contributed by atoms with E-state index in [1.165, 1.54) is 21.1 Å². The van der Waals surface area contributed by atoms with Crippen molar-refractivity contribution in [2.45, 2.75) is 13.3 Å². The molecule has 0 aromatic heterocycles. The summed E-state index contributed by atoms with van der Waals surface area (Å²) in [6.07, 6.45) is 0.131. The van der Waals surface area contributed by atoms with Crippen LogP contribution in [0.25, 0.3) is 0 Å². The van der Waals surface area contributed by atoms with E-state index in [4.69, 9.17) is 21.1 Å². The van der Waals surface area contributed by atoms with Crippen LogP contribution in [-0.4, -0.2) is 25.8 Å². The standard InChI is InChI=1S/C18H17ClO4/c1-11(20)10-12-8-9-15(22-2)18(23-3)16(12)17(21)13-6-4-5-7-14(13)19/h4-9H,10H2,1-3H3. The molecular formula is C18H17ClO4. The molecule has 4 nitrogen and oxygen atoms in total. The number of carbonyl (C=O) groups is 2. The van der Waals surface area contributed by atoms with Crippen molar-refractivity contribution in [2.75, 3.05) is 14.2 Å². The summed E-state index contributed by atoms with van der Waals surface area (Å²) in [5, 5.41) is 0.344. The molecule has 0 saturated heterocycles. The lowest BCUT2D eigenvalue weighted by Crippen LogP contribution is -2.11. The van der Waals surface area contributed by atoms with Gasteiger partial charge in [-0.05, 0) is 30.7 Å². The highest BCUT2D eigenvalue weighted by atomic mass is 35.5. The van der Waals surface area contributed by atoms with Gasteiger partial charge in [0.25, 0.3) is 0 Å². The molecule has 0 aliphatic carbocycles. The molecule has 0 saturated carbocycles. The number of halogens is 1. The van der Waals surface area contributed by atoms with Crippen molar-refractivity contribution in [3.8, 4) is 11.5 Å². The number of carbonyl (C=O) groups excluding carboxylic acids is 2. The minimum Gasteiger partial charge on any atom is -0.493 e. The molecule has 0 aliphatic rings. The average Bonchev–Trinajstić information content (AvgIpc) is 2.53. The molecule has 23 heavy (non-hydrogen) atoms. The van der Waals surface area contributed by atoms with Crippen molar-refractivity contribution in [3.63, 3.8) is 0 Å². The summed E-state index contributed by atoms with van der Waals surface area (Å²) in [6, 6.07) is 10.1. The van der Waals surface area contributed by atoms with E-state index in [2.05, 4.69) is 0 Å². The molecule has 0 spiro atoms. The van der Waals surface area contributed by atoms with Crippen molar-refractivity contribution in [1.29, 1.82) is 0 Å². The minimum atomic E-state index is -0.303. The summed E-state index contributed by atoms with van der Waals surface area (Å²) in [5.41, 5.74) is 1.24. The SMILES string of the molecule is COc1ccc(CC(C)=O)c(C(=O)c2ccccc2Cl)c1OC. The fourth-order valence-corrected chi connectivity index (χ4v) is 2.63. The van der Waals surface area contributed by atoms with Crippen LogP contribution in [0, 0.1) is 0 Å².